The highest BCUT2D eigenvalue weighted by Gasteiger charge is 2.75. The van der Waals surface area contributed by atoms with Gasteiger partial charge in [-0.25, -0.2) is 4.79 Å². The quantitative estimate of drug-likeness (QED) is 0.470. The summed E-state index contributed by atoms with van der Waals surface area (Å²) in [6.45, 7) is 8.44. The van der Waals surface area contributed by atoms with E-state index >= 15 is 0 Å². The maximum atomic E-state index is 13.1. The van der Waals surface area contributed by atoms with E-state index < -0.39 is 35.4 Å². The van der Waals surface area contributed by atoms with E-state index in [1.165, 1.54) is 0 Å². The van der Waals surface area contributed by atoms with Gasteiger partial charge in [0.15, 0.2) is 0 Å². The van der Waals surface area contributed by atoms with Gasteiger partial charge in [0.1, 0.15) is 24.4 Å². The van der Waals surface area contributed by atoms with Crippen LogP contribution in [0.1, 0.15) is 39.7 Å². The van der Waals surface area contributed by atoms with Gasteiger partial charge in [0.05, 0.1) is 17.2 Å². The number of carbonyl (C=O) groups excluding carboxylic acids is 1. The van der Waals surface area contributed by atoms with Crippen LogP contribution >= 0.6 is 0 Å². The lowest BCUT2D eigenvalue weighted by Crippen LogP contribution is -2.66. The topological polar surface area (TPSA) is 110 Å². The van der Waals surface area contributed by atoms with Crippen molar-refractivity contribution < 1.29 is 30.0 Å². The number of carbonyl (C=O) groups is 1. The first-order valence-electron chi connectivity index (χ1n) is 13.1. The van der Waals surface area contributed by atoms with Crippen molar-refractivity contribution in [1.29, 1.82) is 0 Å². The van der Waals surface area contributed by atoms with Crippen molar-refractivity contribution in [3.8, 4) is 0 Å². The first-order valence-corrected chi connectivity index (χ1v) is 13.1. The van der Waals surface area contributed by atoms with Crippen molar-refractivity contribution in [3.63, 3.8) is 0 Å². The van der Waals surface area contributed by atoms with Gasteiger partial charge in [-0.05, 0) is 65.7 Å². The predicted octanol–water partition coefficient (Wildman–Crippen LogP) is 2.81. The Morgan fingerprint density at radius 3 is 2.64 bits per heavy atom. The Morgan fingerprint density at radius 1 is 1.17 bits per heavy atom. The molecule has 1 amide bonds. The SMILES string of the molecule is CC1=C[C@]23C(O)[C@@H](C=C(COC(=O)N4CCc5ccccc54)[C@@H](O)[C@]2(O)[C@H]1O)[C@H]1[C@@H](C[C@H]3C)C1(C)C. The van der Waals surface area contributed by atoms with E-state index in [4.69, 9.17) is 4.74 Å². The van der Waals surface area contributed by atoms with Crippen molar-refractivity contribution in [1.82, 2.24) is 0 Å². The number of hydrogen-bond donors (Lipinski definition) is 4. The number of rotatable bonds is 2. The smallest absolute Gasteiger partial charge is 0.414 e. The minimum Gasteiger partial charge on any atom is -0.445 e. The Balaban J connectivity index is 1.36. The Labute approximate surface area is 212 Å². The zero-order valence-corrected chi connectivity index (χ0v) is 21.4. The Kier molecular flexibility index (Phi) is 5.15. The molecular formula is C29H37NO6. The molecule has 5 aliphatic rings. The second-order valence-electron chi connectivity index (χ2n) is 12.4. The number of para-hydroxylation sites is 1. The molecule has 0 aromatic heterocycles. The monoisotopic (exact) mass is 495 g/mol. The standard InChI is InChI=1S/C29H37NO6/c1-15-13-28-16(2)11-20-22(27(20,3)4)19(25(28)33)12-18(24(32)29(28,35)23(15)31)14-36-26(34)30-10-9-17-7-5-6-8-21(17)30/h5-8,12-13,16,19-20,22-25,31-33,35H,9-11,14H2,1-4H3/t16-,19+,20-,22+,23+,24-,25?,28+,29-/m1/s1. The highest BCUT2D eigenvalue weighted by atomic mass is 16.6. The summed E-state index contributed by atoms with van der Waals surface area (Å²) in [6.07, 6.45) is 0.845. The third-order valence-electron chi connectivity index (χ3n) is 10.5. The van der Waals surface area contributed by atoms with Crippen LogP contribution in [0.15, 0.2) is 47.6 Å². The molecule has 36 heavy (non-hydrogen) atoms. The summed E-state index contributed by atoms with van der Waals surface area (Å²) < 4.78 is 5.71. The molecule has 1 aliphatic heterocycles. The number of aliphatic hydroxyl groups is 4. The Bertz CT molecular complexity index is 1170. The zero-order valence-electron chi connectivity index (χ0n) is 21.4. The van der Waals surface area contributed by atoms with Gasteiger partial charge in [0, 0.05) is 12.5 Å². The molecule has 6 rings (SSSR count). The van der Waals surface area contributed by atoms with Gasteiger partial charge < -0.3 is 25.2 Å². The normalized spacial score (nSPS) is 43.9. The summed E-state index contributed by atoms with van der Waals surface area (Å²) in [6, 6.07) is 7.71. The van der Waals surface area contributed by atoms with E-state index in [9.17, 15) is 25.2 Å². The highest BCUT2D eigenvalue weighted by Crippen LogP contribution is 2.72. The number of aliphatic hydroxyl groups excluding tert-OH is 3. The molecule has 2 fully saturated rings. The van der Waals surface area contributed by atoms with E-state index in [0.717, 1.165) is 24.1 Å². The molecule has 0 saturated heterocycles. The molecule has 7 nitrogen and oxygen atoms in total. The molecular weight excluding hydrogens is 458 g/mol. The summed E-state index contributed by atoms with van der Waals surface area (Å²) in [7, 11) is 0. The molecule has 4 aliphatic carbocycles. The summed E-state index contributed by atoms with van der Waals surface area (Å²) in [5.74, 6) is 0.0224. The molecule has 2 saturated carbocycles. The van der Waals surface area contributed by atoms with Crippen LogP contribution in [0.4, 0.5) is 10.5 Å². The van der Waals surface area contributed by atoms with Gasteiger partial charge >= 0.3 is 6.09 Å². The van der Waals surface area contributed by atoms with Gasteiger partial charge in [-0.15, -0.1) is 0 Å². The minimum atomic E-state index is -2.02. The van der Waals surface area contributed by atoms with Crippen LogP contribution < -0.4 is 4.90 Å². The Morgan fingerprint density at radius 2 is 1.89 bits per heavy atom. The third-order valence-corrected chi connectivity index (χ3v) is 10.5. The summed E-state index contributed by atoms with van der Waals surface area (Å²) in [4.78, 5) is 14.7. The number of nitrogens with zero attached hydrogens (tertiary/aromatic N) is 1. The van der Waals surface area contributed by atoms with Gasteiger partial charge in [0.25, 0.3) is 0 Å². The van der Waals surface area contributed by atoms with Crippen molar-refractivity contribution in [2.24, 2.45) is 34.5 Å². The molecule has 1 heterocycles. The average molecular weight is 496 g/mol. The maximum Gasteiger partial charge on any atom is 0.414 e. The number of amides is 1. The van der Waals surface area contributed by atoms with Crippen molar-refractivity contribution in [2.75, 3.05) is 18.1 Å². The van der Waals surface area contributed by atoms with E-state index in [1.807, 2.05) is 43.3 Å². The van der Waals surface area contributed by atoms with Crippen molar-refractivity contribution in [3.05, 3.63) is 53.1 Å². The fourth-order valence-electron chi connectivity index (χ4n) is 8.48. The first-order chi connectivity index (χ1) is 17.0. The molecule has 4 N–H and O–H groups in total. The summed E-state index contributed by atoms with van der Waals surface area (Å²) in [5, 5.41) is 47.0. The fraction of sp³-hybridized carbons (Fsp3) is 0.621. The molecule has 7 heteroatoms. The molecule has 0 radical (unpaired) electrons. The number of ether oxygens (including phenoxy) is 1. The van der Waals surface area contributed by atoms with Gasteiger partial charge in [0.2, 0.25) is 0 Å². The van der Waals surface area contributed by atoms with Crippen LogP contribution in [0.2, 0.25) is 0 Å². The number of fused-ring (bicyclic) bond motifs is 4. The number of benzene rings is 1. The van der Waals surface area contributed by atoms with Crippen LogP contribution in [0.3, 0.4) is 0 Å². The van der Waals surface area contributed by atoms with Crippen LogP contribution in [0.25, 0.3) is 0 Å². The molecule has 9 atom stereocenters. The molecule has 194 valence electrons. The van der Waals surface area contributed by atoms with E-state index in [2.05, 4.69) is 13.8 Å². The highest BCUT2D eigenvalue weighted by molar-refractivity contribution is 5.90. The predicted molar refractivity (Wildman–Crippen MR) is 134 cm³/mol. The van der Waals surface area contributed by atoms with Gasteiger partial charge in [-0.1, -0.05) is 51.1 Å². The fourth-order valence-corrected chi connectivity index (χ4v) is 8.48. The second kappa shape index (κ2) is 7.67. The Hall–Kier alpha value is -2.19. The van der Waals surface area contributed by atoms with E-state index in [0.29, 0.717) is 23.6 Å². The largest absolute Gasteiger partial charge is 0.445 e. The van der Waals surface area contributed by atoms with Crippen molar-refractivity contribution in [2.45, 2.75) is 64.4 Å². The van der Waals surface area contributed by atoms with Crippen LogP contribution in [-0.2, 0) is 11.2 Å². The van der Waals surface area contributed by atoms with Gasteiger partial charge in [-0.3, -0.25) is 4.90 Å². The number of anilines is 1. The molecule has 2 bridgehead atoms. The lowest BCUT2D eigenvalue weighted by atomic mass is 9.58. The summed E-state index contributed by atoms with van der Waals surface area (Å²) in [5.41, 5.74) is -0.433. The lowest BCUT2D eigenvalue weighted by molar-refractivity contribution is -0.215. The van der Waals surface area contributed by atoms with E-state index in [-0.39, 0.29) is 29.8 Å². The average Bonchev–Trinajstić information content (AvgIpc) is 3.14. The molecule has 1 spiro atoms. The zero-order chi connectivity index (χ0) is 25.8. The molecule has 1 aromatic rings. The summed E-state index contributed by atoms with van der Waals surface area (Å²) >= 11 is 0. The maximum absolute atomic E-state index is 13.1. The molecule has 1 aromatic carbocycles. The van der Waals surface area contributed by atoms with E-state index in [1.54, 1.807) is 11.8 Å². The van der Waals surface area contributed by atoms with Crippen LogP contribution in [-0.4, -0.2) is 63.6 Å². The van der Waals surface area contributed by atoms with Crippen LogP contribution in [0, 0.1) is 34.5 Å². The third kappa shape index (κ3) is 2.86. The van der Waals surface area contributed by atoms with Crippen LogP contribution in [0.5, 0.6) is 0 Å². The lowest BCUT2D eigenvalue weighted by Gasteiger charge is -2.51. The first kappa shape index (κ1) is 24.2. The minimum absolute atomic E-state index is 0.0163. The van der Waals surface area contributed by atoms with Crippen molar-refractivity contribution >= 4 is 11.8 Å². The van der Waals surface area contributed by atoms with Gasteiger partial charge in [-0.2, -0.15) is 0 Å². The number of hydrogen-bond acceptors (Lipinski definition) is 6. The second-order valence-corrected chi connectivity index (χ2v) is 12.4. The molecule has 1 unspecified atom stereocenters.